The molecule has 2 fully saturated rings. The summed E-state index contributed by atoms with van der Waals surface area (Å²) in [6.07, 6.45) is 4.04. The first-order valence-electron chi connectivity index (χ1n) is 7.02. The van der Waals surface area contributed by atoms with Crippen molar-refractivity contribution in [3.05, 3.63) is 0 Å². The summed E-state index contributed by atoms with van der Waals surface area (Å²) in [6.45, 7) is 2.12. The molecule has 0 aromatic heterocycles. The van der Waals surface area contributed by atoms with Gasteiger partial charge in [-0.15, -0.1) is 12.4 Å². The number of amides is 1. The second-order valence-corrected chi connectivity index (χ2v) is 7.38. The van der Waals surface area contributed by atoms with Crippen LogP contribution in [0.4, 0.5) is 0 Å². The van der Waals surface area contributed by atoms with Gasteiger partial charge < -0.3 is 10.6 Å². The van der Waals surface area contributed by atoms with Gasteiger partial charge >= 0.3 is 0 Å². The highest BCUT2D eigenvalue weighted by Gasteiger charge is 2.30. The third kappa shape index (κ3) is 4.07. The molecule has 2 N–H and O–H groups in total. The van der Waals surface area contributed by atoms with Crippen molar-refractivity contribution in [1.82, 2.24) is 9.21 Å². The van der Waals surface area contributed by atoms with Crippen molar-refractivity contribution in [2.24, 2.45) is 5.73 Å². The molecule has 2 saturated heterocycles. The Balaban J connectivity index is 0.00000200. The van der Waals surface area contributed by atoms with E-state index in [1.54, 1.807) is 0 Å². The predicted octanol–water partition coefficient (Wildman–Crippen LogP) is 0.174. The third-order valence-electron chi connectivity index (χ3n) is 4.00. The normalized spacial score (nSPS) is 26.2. The summed E-state index contributed by atoms with van der Waals surface area (Å²) in [5.74, 6) is 0.258. The standard InChI is InChI=1S/C12H23N3O3S.ClH/c13-10-11-4-1-2-7-15(11)12(16)5-8-14-6-3-9-19(14,17)18;/h11H,1-10,13H2;1H. The molecule has 6 nitrogen and oxygen atoms in total. The molecule has 118 valence electrons. The van der Waals surface area contributed by atoms with E-state index in [4.69, 9.17) is 5.73 Å². The van der Waals surface area contributed by atoms with Gasteiger partial charge in [0.05, 0.1) is 5.75 Å². The lowest BCUT2D eigenvalue weighted by atomic mass is 10.0. The quantitative estimate of drug-likeness (QED) is 0.799. The Labute approximate surface area is 127 Å². The van der Waals surface area contributed by atoms with E-state index in [-0.39, 0.29) is 36.5 Å². The van der Waals surface area contributed by atoms with Crippen LogP contribution in [0.5, 0.6) is 0 Å². The van der Waals surface area contributed by atoms with Crippen LogP contribution in [-0.2, 0) is 14.8 Å². The van der Waals surface area contributed by atoms with Gasteiger partial charge in [0.25, 0.3) is 0 Å². The van der Waals surface area contributed by atoms with Crippen LogP contribution in [0.25, 0.3) is 0 Å². The zero-order chi connectivity index (χ0) is 13.9. The lowest BCUT2D eigenvalue weighted by Gasteiger charge is -2.35. The molecule has 2 heterocycles. The van der Waals surface area contributed by atoms with E-state index in [9.17, 15) is 13.2 Å². The van der Waals surface area contributed by atoms with Crippen molar-refractivity contribution in [3.63, 3.8) is 0 Å². The number of halogens is 1. The number of carbonyl (C=O) groups excluding carboxylic acids is 1. The molecule has 2 aliphatic rings. The molecule has 1 amide bonds. The first kappa shape index (κ1) is 17.7. The number of hydrogen-bond donors (Lipinski definition) is 1. The molecule has 20 heavy (non-hydrogen) atoms. The zero-order valence-electron chi connectivity index (χ0n) is 11.7. The van der Waals surface area contributed by atoms with Gasteiger partial charge in [0.15, 0.2) is 0 Å². The summed E-state index contributed by atoms with van der Waals surface area (Å²) < 4.78 is 24.7. The Bertz CT molecular complexity index is 430. The number of hydrogen-bond acceptors (Lipinski definition) is 4. The van der Waals surface area contributed by atoms with Crippen LogP contribution in [0, 0.1) is 0 Å². The molecule has 0 aliphatic carbocycles. The van der Waals surface area contributed by atoms with Crippen LogP contribution in [-0.4, -0.2) is 61.5 Å². The maximum Gasteiger partial charge on any atom is 0.224 e. The van der Waals surface area contributed by atoms with Crippen molar-refractivity contribution in [1.29, 1.82) is 0 Å². The maximum atomic E-state index is 12.2. The number of likely N-dealkylation sites (tertiary alicyclic amines) is 1. The SMILES string of the molecule is Cl.NCC1CCCCN1C(=O)CCN1CCCS1(=O)=O. The van der Waals surface area contributed by atoms with Gasteiger partial charge in [-0.05, 0) is 25.7 Å². The second-order valence-electron chi connectivity index (χ2n) is 5.29. The number of piperidine rings is 1. The van der Waals surface area contributed by atoms with Crippen molar-refractivity contribution >= 4 is 28.3 Å². The van der Waals surface area contributed by atoms with Gasteiger partial charge in [-0.1, -0.05) is 0 Å². The van der Waals surface area contributed by atoms with Gasteiger partial charge in [-0.2, -0.15) is 0 Å². The highest BCUT2D eigenvalue weighted by Crippen LogP contribution is 2.18. The molecule has 0 saturated carbocycles. The van der Waals surface area contributed by atoms with Crippen LogP contribution in [0.3, 0.4) is 0 Å². The molecule has 8 heteroatoms. The van der Waals surface area contributed by atoms with E-state index in [0.717, 1.165) is 25.8 Å². The first-order chi connectivity index (χ1) is 9.04. The number of rotatable bonds is 4. The Morgan fingerprint density at radius 3 is 2.55 bits per heavy atom. The fourth-order valence-corrected chi connectivity index (χ4v) is 4.41. The van der Waals surface area contributed by atoms with E-state index < -0.39 is 10.0 Å². The van der Waals surface area contributed by atoms with Crippen LogP contribution < -0.4 is 5.73 Å². The second kappa shape index (κ2) is 7.59. The zero-order valence-corrected chi connectivity index (χ0v) is 13.3. The Hall–Kier alpha value is -0.370. The lowest BCUT2D eigenvalue weighted by Crippen LogP contribution is -2.48. The van der Waals surface area contributed by atoms with Crippen LogP contribution in [0.2, 0.25) is 0 Å². The minimum atomic E-state index is -3.09. The smallest absolute Gasteiger partial charge is 0.224 e. The fourth-order valence-electron chi connectivity index (χ4n) is 2.88. The lowest BCUT2D eigenvalue weighted by molar-refractivity contribution is -0.134. The summed E-state index contributed by atoms with van der Waals surface area (Å²) in [6, 6.07) is 0.136. The van der Waals surface area contributed by atoms with Gasteiger partial charge in [0.2, 0.25) is 15.9 Å². The van der Waals surface area contributed by atoms with Crippen LogP contribution in [0.1, 0.15) is 32.1 Å². The summed E-state index contributed by atoms with van der Waals surface area (Å²) in [5, 5.41) is 0. The fraction of sp³-hybridized carbons (Fsp3) is 0.917. The minimum Gasteiger partial charge on any atom is -0.338 e. The minimum absolute atomic E-state index is 0. The van der Waals surface area contributed by atoms with E-state index >= 15 is 0 Å². The van der Waals surface area contributed by atoms with Crippen molar-refractivity contribution in [3.8, 4) is 0 Å². The Morgan fingerprint density at radius 2 is 1.95 bits per heavy atom. The summed E-state index contributed by atoms with van der Waals surface area (Å²) >= 11 is 0. The number of nitrogens with zero attached hydrogens (tertiary/aromatic N) is 2. The molecule has 2 aliphatic heterocycles. The molecule has 0 bridgehead atoms. The summed E-state index contributed by atoms with van der Waals surface area (Å²) in [4.78, 5) is 14.0. The van der Waals surface area contributed by atoms with Crippen LogP contribution >= 0.6 is 12.4 Å². The van der Waals surface area contributed by atoms with E-state index in [0.29, 0.717) is 26.1 Å². The van der Waals surface area contributed by atoms with Gasteiger partial charge in [0.1, 0.15) is 0 Å². The molecule has 0 radical (unpaired) electrons. The summed E-state index contributed by atoms with van der Waals surface area (Å²) in [5.41, 5.74) is 5.69. The number of nitrogens with two attached hydrogens (primary N) is 1. The Morgan fingerprint density at radius 1 is 1.20 bits per heavy atom. The molecule has 2 rings (SSSR count). The molecule has 0 spiro atoms. The molecule has 0 aromatic rings. The highest BCUT2D eigenvalue weighted by atomic mass is 35.5. The molecular weight excluding hydrogens is 302 g/mol. The van der Waals surface area contributed by atoms with E-state index in [1.807, 2.05) is 4.90 Å². The first-order valence-corrected chi connectivity index (χ1v) is 8.63. The monoisotopic (exact) mass is 325 g/mol. The average molecular weight is 326 g/mol. The van der Waals surface area contributed by atoms with Crippen molar-refractivity contribution in [2.75, 3.05) is 31.9 Å². The highest BCUT2D eigenvalue weighted by molar-refractivity contribution is 7.89. The van der Waals surface area contributed by atoms with Crippen molar-refractivity contribution < 1.29 is 13.2 Å². The predicted molar refractivity (Wildman–Crippen MR) is 80.2 cm³/mol. The summed E-state index contributed by atoms with van der Waals surface area (Å²) in [7, 11) is -3.09. The molecular formula is C12H24ClN3O3S. The molecule has 1 atom stereocenters. The van der Waals surface area contributed by atoms with Crippen LogP contribution in [0.15, 0.2) is 0 Å². The third-order valence-corrected chi connectivity index (χ3v) is 5.95. The maximum absolute atomic E-state index is 12.2. The number of sulfonamides is 1. The Kier molecular flexibility index (Phi) is 6.71. The van der Waals surface area contributed by atoms with Gasteiger partial charge in [-0.3, -0.25) is 4.79 Å². The largest absolute Gasteiger partial charge is 0.338 e. The molecule has 0 aromatic carbocycles. The van der Waals surface area contributed by atoms with Gasteiger partial charge in [0, 0.05) is 38.6 Å². The van der Waals surface area contributed by atoms with E-state index in [2.05, 4.69) is 0 Å². The topological polar surface area (TPSA) is 83.7 Å². The van der Waals surface area contributed by atoms with Crippen molar-refractivity contribution in [2.45, 2.75) is 38.1 Å². The number of carbonyl (C=O) groups is 1. The van der Waals surface area contributed by atoms with E-state index in [1.165, 1.54) is 4.31 Å². The molecule has 1 unspecified atom stereocenters. The van der Waals surface area contributed by atoms with Gasteiger partial charge in [-0.25, -0.2) is 12.7 Å². The average Bonchev–Trinajstić information content (AvgIpc) is 2.75.